The fourth-order valence-electron chi connectivity index (χ4n) is 2.82. The Hall–Kier alpha value is -1.90. The fraction of sp³-hybridized carbons (Fsp3) is 0.556. The molecule has 1 aromatic rings. The molecule has 0 aliphatic carbocycles. The van der Waals surface area contributed by atoms with Crippen LogP contribution < -0.4 is 5.32 Å². The Balaban J connectivity index is 1.96. The van der Waals surface area contributed by atoms with Crippen LogP contribution in [0.4, 0.5) is 9.18 Å². The zero-order chi connectivity index (χ0) is 20.4. The second kappa shape index (κ2) is 8.00. The summed E-state index contributed by atoms with van der Waals surface area (Å²) < 4.78 is 18.7. The van der Waals surface area contributed by atoms with Gasteiger partial charge in [-0.05, 0) is 51.8 Å². The summed E-state index contributed by atoms with van der Waals surface area (Å²) in [5.74, 6) is -4.78. The number of nitrogens with zero attached hydrogens (tertiary/aromatic N) is 1. The molecule has 0 unspecified atom stereocenters. The van der Waals surface area contributed by atoms with Crippen molar-refractivity contribution in [3.8, 4) is 0 Å². The molecule has 0 saturated carbocycles. The minimum Gasteiger partial charge on any atom is -0.444 e. The summed E-state index contributed by atoms with van der Waals surface area (Å²) in [5.41, 5.74) is -0.745. The highest BCUT2D eigenvalue weighted by molar-refractivity contribution is 6.31. The second-order valence-electron chi connectivity index (χ2n) is 7.58. The topological polar surface area (TPSA) is 99.1 Å². The normalized spacial score (nSPS) is 16.2. The molecule has 1 aromatic carbocycles. The summed E-state index contributed by atoms with van der Waals surface area (Å²) in [7, 11) is 0. The van der Waals surface area contributed by atoms with Crippen molar-refractivity contribution >= 4 is 23.6 Å². The van der Waals surface area contributed by atoms with Crippen molar-refractivity contribution in [3.63, 3.8) is 0 Å². The number of halogens is 2. The van der Waals surface area contributed by atoms with E-state index in [-0.39, 0.29) is 36.5 Å². The molecule has 1 aliphatic heterocycles. The van der Waals surface area contributed by atoms with Gasteiger partial charge in [0.25, 0.3) is 5.91 Å². The average molecular weight is 403 g/mol. The Kier molecular flexibility index (Phi) is 6.34. The Morgan fingerprint density at radius 3 is 2.33 bits per heavy atom. The number of amides is 2. The molecule has 0 radical (unpaired) electrons. The largest absolute Gasteiger partial charge is 0.444 e. The van der Waals surface area contributed by atoms with E-state index in [4.69, 9.17) is 16.3 Å². The van der Waals surface area contributed by atoms with E-state index in [1.54, 1.807) is 20.8 Å². The maximum Gasteiger partial charge on any atom is 0.410 e. The van der Waals surface area contributed by atoms with Crippen LogP contribution in [0.2, 0.25) is 5.02 Å². The van der Waals surface area contributed by atoms with E-state index in [0.29, 0.717) is 0 Å². The molecule has 0 atom stereocenters. The van der Waals surface area contributed by atoms with Gasteiger partial charge in [-0.1, -0.05) is 11.6 Å². The van der Waals surface area contributed by atoms with Crippen LogP contribution in [0.25, 0.3) is 0 Å². The molecule has 2 amide bonds. The lowest BCUT2D eigenvalue weighted by molar-refractivity contribution is -0.222. The fourth-order valence-corrected chi connectivity index (χ4v) is 3.04. The maximum absolute atomic E-state index is 13.4. The first-order valence-electron chi connectivity index (χ1n) is 8.58. The van der Waals surface area contributed by atoms with Crippen molar-refractivity contribution in [1.82, 2.24) is 10.2 Å². The van der Waals surface area contributed by atoms with E-state index < -0.39 is 35.2 Å². The lowest BCUT2D eigenvalue weighted by Gasteiger charge is -2.38. The molecule has 0 aromatic heterocycles. The summed E-state index contributed by atoms with van der Waals surface area (Å²) >= 11 is 5.71. The predicted octanol–water partition coefficient (Wildman–Crippen LogP) is 2.49. The van der Waals surface area contributed by atoms with Gasteiger partial charge in [0.1, 0.15) is 11.4 Å². The summed E-state index contributed by atoms with van der Waals surface area (Å²) in [4.78, 5) is 25.7. The number of carbonyl (C=O) groups is 2. The van der Waals surface area contributed by atoms with E-state index in [0.717, 1.165) is 12.1 Å². The van der Waals surface area contributed by atoms with Crippen LogP contribution in [0.5, 0.6) is 0 Å². The number of likely N-dealkylation sites (tertiary alicyclic amines) is 1. The van der Waals surface area contributed by atoms with Crippen molar-refractivity contribution < 1.29 is 28.9 Å². The van der Waals surface area contributed by atoms with E-state index in [2.05, 4.69) is 5.32 Å². The first kappa shape index (κ1) is 21.4. The molecule has 1 aliphatic rings. The summed E-state index contributed by atoms with van der Waals surface area (Å²) in [5, 5.41) is 22.7. The minimum absolute atomic E-state index is 0.0206. The third-order valence-corrected chi connectivity index (χ3v) is 4.36. The van der Waals surface area contributed by atoms with E-state index >= 15 is 0 Å². The number of rotatable bonds is 3. The number of piperidine rings is 1. The number of benzene rings is 1. The molecule has 150 valence electrons. The molecule has 0 bridgehead atoms. The molecule has 1 heterocycles. The zero-order valence-corrected chi connectivity index (χ0v) is 16.2. The molecule has 1 fully saturated rings. The van der Waals surface area contributed by atoms with Gasteiger partial charge in [0.15, 0.2) is 0 Å². The van der Waals surface area contributed by atoms with Gasteiger partial charge in [-0.25, -0.2) is 9.18 Å². The highest BCUT2D eigenvalue weighted by Crippen LogP contribution is 2.27. The third kappa shape index (κ3) is 6.05. The van der Waals surface area contributed by atoms with Crippen LogP contribution in [-0.4, -0.2) is 51.7 Å². The van der Waals surface area contributed by atoms with Gasteiger partial charge in [0.05, 0.1) is 0 Å². The summed E-state index contributed by atoms with van der Waals surface area (Å²) in [6.45, 7) is 5.79. The third-order valence-electron chi connectivity index (χ3n) is 4.14. The number of aliphatic hydroxyl groups is 2. The molecule has 9 heteroatoms. The van der Waals surface area contributed by atoms with Crippen molar-refractivity contribution in [3.05, 3.63) is 34.6 Å². The zero-order valence-electron chi connectivity index (χ0n) is 15.5. The van der Waals surface area contributed by atoms with Gasteiger partial charge in [-0.15, -0.1) is 0 Å². The summed E-state index contributed by atoms with van der Waals surface area (Å²) in [6, 6.07) is 3.21. The van der Waals surface area contributed by atoms with Gasteiger partial charge < -0.3 is 25.2 Å². The standard InChI is InChI=1S/C18H24ClFN2O5/c1-17(2,3)27-16(24)22-6-4-12(5-7-22)18(25,26)21-15(23)11-8-13(19)10-14(20)9-11/h8-10,12,25-26H,4-7H2,1-3H3,(H,21,23). The van der Waals surface area contributed by atoms with Gasteiger partial charge in [0.2, 0.25) is 5.91 Å². The highest BCUT2D eigenvalue weighted by Gasteiger charge is 2.40. The SMILES string of the molecule is CC(C)(C)OC(=O)N1CCC(C(O)(O)NC(=O)c2cc(F)cc(Cl)c2)CC1. The van der Waals surface area contributed by atoms with Crippen molar-refractivity contribution in [2.45, 2.75) is 45.1 Å². The second-order valence-corrected chi connectivity index (χ2v) is 8.02. The predicted molar refractivity (Wildman–Crippen MR) is 96.6 cm³/mol. The van der Waals surface area contributed by atoms with Gasteiger partial charge in [-0.3, -0.25) is 4.79 Å². The van der Waals surface area contributed by atoms with E-state index in [1.165, 1.54) is 11.0 Å². The number of carbonyl (C=O) groups excluding carboxylic acids is 2. The number of ether oxygens (including phenoxy) is 1. The van der Waals surface area contributed by atoms with E-state index in [9.17, 15) is 24.2 Å². The van der Waals surface area contributed by atoms with Crippen LogP contribution in [0.15, 0.2) is 18.2 Å². The average Bonchev–Trinajstić information content (AvgIpc) is 2.52. The monoisotopic (exact) mass is 402 g/mol. The van der Waals surface area contributed by atoms with Gasteiger partial charge >= 0.3 is 6.09 Å². The van der Waals surface area contributed by atoms with Crippen LogP contribution in [0.1, 0.15) is 44.0 Å². The first-order valence-corrected chi connectivity index (χ1v) is 8.96. The molecular weight excluding hydrogens is 379 g/mol. The Morgan fingerprint density at radius 1 is 1.22 bits per heavy atom. The molecule has 2 rings (SSSR count). The van der Waals surface area contributed by atoms with Crippen LogP contribution >= 0.6 is 11.6 Å². The molecule has 27 heavy (non-hydrogen) atoms. The maximum atomic E-state index is 13.4. The number of nitrogens with one attached hydrogen (secondary N) is 1. The van der Waals surface area contributed by atoms with Gasteiger partial charge in [-0.2, -0.15) is 0 Å². The first-order chi connectivity index (χ1) is 12.4. The number of hydrogen-bond donors (Lipinski definition) is 3. The lowest BCUT2D eigenvalue weighted by atomic mass is 9.92. The van der Waals surface area contributed by atoms with Crippen molar-refractivity contribution in [2.24, 2.45) is 5.92 Å². The van der Waals surface area contributed by atoms with Crippen molar-refractivity contribution in [1.29, 1.82) is 0 Å². The van der Waals surface area contributed by atoms with Crippen LogP contribution in [-0.2, 0) is 4.74 Å². The molecule has 1 saturated heterocycles. The van der Waals surface area contributed by atoms with Crippen LogP contribution in [0.3, 0.4) is 0 Å². The number of hydrogen-bond acceptors (Lipinski definition) is 5. The Morgan fingerprint density at radius 2 is 1.81 bits per heavy atom. The lowest BCUT2D eigenvalue weighted by Crippen LogP contribution is -2.57. The van der Waals surface area contributed by atoms with Gasteiger partial charge in [0, 0.05) is 29.6 Å². The van der Waals surface area contributed by atoms with Crippen molar-refractivity contribution in [2.75, 3.05) is 13.1 Å². The minimum atomic E-state index is -2.50. The highest BCUT2D eigenvalue weighted by atomic mass is 35.5. The summed E-state index contributed by atoms with van der Waals surface area (Å²) in [6.07, 6.45) is 0.0215. The quantitative estimate of drug-likeness (QED) is 0.674. The van der Waals surface area contributed by atoms with Crippen LogP contribution in [0, 0.1) is 11.7 Å². The van der Waals surface area contributed by atoms with E-state index in [1.807, 2.05) is 0 Å². The Bertz CT molecular complexity index is 692. The Labute approximate surface area is 162 Å². The molecule has 3 N–H and O–H groups in total. The smallest absolute Gasteiger partial charge is 0.410 e. The molecule has 7 nitrogen and oxygen atoms in total. The molecule has 0 spiro atoms. The molecular formula is C18H24ClFN2O5.